The predicted molar refractivity (Wildman–Crippen MR) is 132 cm³/mol. The molecule has 1 aromatic heterocycles. The second kappa shape index (κ2) is 9.65. The quantitative estimate of drug-likeness (QED) is 0.580. The van der Waals surface area contributed by atoms with E-state index in [-0.39, 0.29) is 29.5 Å². The van der Waals surface area contributed by atoms with Crippen LogP contribution in [0.3, 0.4) is 0 Å². The van der Waals surface area contributed by atoms with E-state index in [1.165, 1.54) is 40.3 Å². The van der Waals surface area contributed by atoms with Gasteiger partial charge in [-0.2, -0.15) is 4.31 Å². The number of aromatic nitrogens is 1. The lowest BCUT2D eigenvalue weighted by Gasteiger charge is -2.33. The minimum atomic E-state index is -3.78. The maximum absolute atomic E-state index is 13.1. The van der Waals surface area contributed by atoms with Crippen LogP contribution in [0.4, 0.5) is 5.13 Å². The molecule has 0 aliphatic carbocycles. The summed E-state index contributed by atoms with van der Waals surface area (Å²) in [6.45, 7) is 6.66. The zero-order valence-electron chi connectivity index (χ0n) is 19.2. The highest BCUT2D eigenvalue weighted by Crippen LogP contribution is 2.28. The number of benzene rings is 2. The fourth-order valence-corrected chi connectivity index (χ4v) is 6.09. The molecule has 10 heteroatoms. The first-order valence-electron chi connectivity index (χ1n) is 10.9. The average Bonchev–Trinajstić information content (AvgIpc) is 3.27. The standard InChI is InChI=1S/C24H26N4O4S2/c1-16-7-8-21(17(2)13-16)22-15-33-24(25-22)26-23(30)19-5-4-6-20(14-19)34(31,32)28-11-9-27(10-12-28)18(3)29/h4-8,13-15H,9-12H2,1-3H3,(H,25,26,30). The normalized spacial score (nSPS) is 14.7. The molecule has 0 saturated carbocycles. The number of nitrogens with zero attached hydrogens (tertiary/aromatic N) is 3. The summed E-state index contributed by atoms with van der Waals surface area (Å²) in [5.41, 5.74) is 4.27. The summed E-state index contributed by atoms with van der Waals surface area (Å²) in [6, 6.07) is 12.1. The number of carbonyl (C=O) groups is 2. The van der Waals surface area contributed by atoms with E-state index in [0.29, 0.717) is 18.2 Å². The van der Waals surface area contributed by atoms with Crippen LogP contribution in [-0.4, -0.2) is 60.6 Å². The van der Waals surface area contributed by atoms with Gasteiger partial charge in [0.2, 0.25) is 15.9 Å². The molecule has 1 N–H and O–H groups in total. The third-order valence-corrected chi connectivity index (χ3v) is 8.45. The molecule has 2 heterocycles. The third kappa shape index (κ3) is 5.03. The molecule has 0 bridgehead atoms. The van der Waals surface area contributed by atoms with E-state index in [1.807, 2.05) is 31.4 Å². The molecule has 0 atom stereocenters. The van der Waals surface area contributed by atoms with Gasteiger partial charge in [-0.15, -0.1) is 11.3 Å². The third-order valence-electron chi connectivity index (χ3n) is 5.80. The van der Waals surface area contributed by atoms with Gasteiger partial charge in [-0.1, -0.05) is 29.8 Å². The minimum absolute atomic E-state index is 0.0477. The largest absolute Gasteiger partial charge is 0.340 e. The summed E-state index contributed by atoms with van der Waals surface area (Å²) in [6.07, 6.45) is 0. The highest BCUT2D eigenvalue weighted by atomic mass is 32.2. The Morgan fingerprint density at radius 2 is 1.76 bits per heavy atom. The van der Waals surface area contributed by atoms with E-state index in [2.05, 4.69) is 16.4 Å². The van der Waals surface area contributed by atoms with Crippen LogP contribution in [0.1, 0.15) is 28.4 Å². The number of aryl methyl sites for hydroxylation is 2. The van der Waals surface area contributed by atoms with Crippen molar-refractivity contribution in [3.63, 3.8) is 0 Å². The Morgan fingerprint density at radius 3 is 2.44 bits per heavy atom. The van der Waals surface area contributed by atoms with Crippen molar-refractivity contribution in [1.29, 1.82) is 0 Å². The van der Waals surface area contributed by atoms with Gasteiger partial charge in [-0.25, -0.2) is 13.4 Å². The van der Waals surface area contributed by atoms with Gasteiger partial charge < -0.3 is 4.90 Å². The zero-order valence-corrected chi connectivity index (χ0v) is 20.9. The topological polar surface area (TPSA) is 99.7 Å². The molecule has 2 amide bonds. The lowest BCUT2D eigenvalue weighted by molar-refractivity contribution is -0.129. The fourth-order valence-electron chi connectivity index (χ4n) is 3.92. The lowest BCUT2D eigenvalue weighted by Crippen LogP contribution is -2.49. The fraction of sp³-hybridized carbons (Fsp3) is 0.292. The van der Waals surface area contributed by atoms with Crippen LogP contribution in [0.5, 0.6) is 0 Å². The van der Waals surface area contributed by atoms with Crippen molar-refractivity contribution in [1.82, 2.24) is 14.2 Å². The number of nitrogens with one attached hydrogen (secondary N) is 1. The number of carbonyl (C=O) groups excluding carboxylic acids is 2. The Hall–Kier alpha value is -3.08. The van der Waals surface area contributed by atoms with Gasteiger partial charge in [-0.3, -0.25) is 14.9 Å². The van der Waals surface area contributed by atoms with Crippen molar-refractivity contribution in [2.24, 2.45) is 0 Å². The summed E-state index contributed by atoms with van der Waals surface area (Å²) in [4.78, 5) is 30.6. The molecule has 1 aliphatic rings. The summed E-state index contributed by atoms with van der Waals surface area (Å²) in [7, 11) is -3.78. The second-order valence-corrected chi connectivity index (χ2v) is 11.0. The summed E-state index contributed by atoms with van der Waals surface area (Å²) >= 11 is 1.31. The van der Waals surface area contributed by atoms with Crippen LogP contribution in [0.25, 0.3) is 11.3 Å². The van der Waals surface area contributed by atoms with E-state index in [0.717, 1.165) is 16.8 Å². The minimum Gasteiger partial charge on any atom is -0.340 e. The molecule has 0 radical (unpaired) electrons. The van der Waals surface area contributed by atoms with Crippen LogP contribution in [-0.2, 0) is 14.8 Å². The van der Waals surface area contributed by atoms with Gasteiger partial charge in [0.05, 0.1) is 10.6 Å². The molecule has 1 saturated heterocycles. The molecule has 0 spiro atoms. The van der Waals surface area contributed by atoms with Crippen LogP contribution in [0.15, 0.2) is 52.7 Å². The monoisotopic (exact) mass is 498 g/mol. The number of anilines is 1. The zero-order chi connectivity index (χ0) is 24.5. The smallest absolute Gasteiger partial charge is 0.257 e. The highest BCUT2D eigenvalue weighted by Gasteiger charge is 2.29. The molecule has 34 heavy (non-hydrogen) atoms. The predicted octanol–water partition coefficient (Wildman–Crippen LogP) is 3.53. The summed E-state index contributed by atoms with van der Waals surface area (Å²) in [5, 5.41) is 5.09. The summed E-state index contributed by atoms with van der Waals surface area (Å²) in [5.74, 6) is -0.501. The van der Waals surface area contributed by atoms with E-state index in [9.17, 15) is 18.0 Å². The number of thiazole rings is 1. The van der Waals surface area contributed by atoms with Gasteiger partial charge in [0.1, 0.15) is 0 Å². The first-order valence-corrected chi connectivity index (χ1v) is 13.2. The van der Waals surface area contributed by atoms with Gasteiger partial charge >= 0.3 is 0 Å². The van der Waals surface area contributed by atoms with Crippen LogP contribution < -0.4 is 5.32 Å². The Morgan fingerprint density at radius 1 is 1.03 bits per heavy atom. The van der Waals surface area contributed by atoms with Crippen LogP contribution in [0.2, 0.25) is 0 Å². The Labute approximate surface area is 203 Å². The number of piperazine rings is 1. The Bertz CT molecular complexity index is 1340. The van der Waals surface area contributed by atoms with Crippen LogP contribution >= 0.6 is 11.3 Å². The van der Waals surface area contributed by atoms with Crippen molar-refractivity contribution in [2.75, 3.05) is 31.5 Å². The molecule has 8 nitrogen and oxygen atoms in total. The number of hydrogen-bond acceptors (Lipinski definition) is 6. The van der Waals surface area contributed by atoms with E-state index < -0.39 is 15.9 Å². The average molecular weight is 499 g/mol. The molecule has 3 aromatic rings. The number of rotatable bonds is 5. The van der Waals surface area contributed by atoms with Crippen molar-refractivity contribution in [3.05, 3.63) is 64.5 Å². The van der Waals surface area contributed by atoms with Crippen LogP contribution in [0, 0.1) is 13.8 Å². The van der Waals surface area contributed by atoms with Crippen molar-refractivity contribution in [2.45, 2.75) is 25.7 Å². The molecule has 0 unspecified atom stereocenters. The lowest BCUT2D eigenvalue weighted by atomic mass is 10.0. The molecule has 4 rings (SSSR count). The molecule has 1 aliphatic heterocycles. The Kier molecular flexibility index (Phi) is 6.83. The highest BCUT2D eigenvalue weighted by molar-refractivity contribution is 7.89. The maximum Gasteiger partial charge on any atom is 0.257 e. The van der Waals surface area contributed by atoms with E-state index in [1.54, 1.807) is 17.0 Å². The maximum atomic E-state index is 13.1. The molecular weight excluding hydrogens is 472 g/mol. The first-order chi connectivity index (χ1) is 16.1. The number of sulfonamides is 1. The van der Waals surface area contributed by atoms with Gasteiger partial charge in [0, 0.05) is 49.6 Å². The van der Waals surface area contributed by atoms with Gasteiger partial charge in [0.25, 0.3) is 5.91 Å². The first kappa shape index (κ1) is 24.1. The van der Waals surface area contributed by atoms with E-state index in [4.69, 9.17) is 0 Å². The molecular formula is C24H26N4O4S2. The molecule has 2 aromatic carbocycles. The number of hydrogen-bond donors (Lipinski definition) is 1. The number of amides is 2. The van der Waals surface area contributed by atoms with E-state index >= 15 is 0 Å². The van der Waals surface area contributed by atoms with Gasteiger partial charge in [0.15, 0.2) is 5.13 Å². The molecule has 178 valence electrons. The Balaban J connectivity index is 1.48. The summed E-state index contributed by atoms with van der Waals surface area (Å²) < 4.78 is 27.5. The molecule has 1 fully saturated rings. The van der Waals surface area contributed by atoms with Crippen molar-refractivity contribution >= 4 is 38.3 Å². The van der Waals surface area contributed by atoms with Crippen molar-refractivity contribution in [3.8, 4) is 11.3 Å². The SMILES string of the molecule is CC(=O)N1CCN(S(=O)(=O)c2cccc(C(=O)Nc3nc(-c4ccc(C)cc4C)cs3)c2)CC1. The van der Waals surface area contributed by atoms with Crippen molar-refractivity contribution < 1.29 is 18.0 Å². The second-order valence-electron chi connectivity index (χ2n) is 8.25. The van der Waals surface area contributed by atoms with Gasteiger partial charge in [-0.05, 0) is 37.6 Å².